The van der Waals surface area contributed by atoms with Crippen molar-refractivity contribution in [3.63, 3.8) is 0 Å². The van der Waals surface area contributed by atoms with Crippen molar-refractivity contribution in [2.45, 2.75) is 39.0 Å². The van der Waals surface area contributed by atoms with Crippen LogP contribution in [0.1, 0.15) is 39.0 Å². The lowest BCUT2D eigenvalue weighted by Crippen LogP contribution is -2.40. The first-order valence-electron chi connectivity index (χ1n) is 9.10. The Hall–Kier alpha value is -2.21. The highest BCUT2D eigenvalue weighted by atomic mass is 35.5. The van der Waals surface area contributed by atoms with E-state index in [0.717, 1.165) is 19.3 Å². The summed E-state index contributed by atoms with van der Waals surface area (Å²) < 4.78 is 10.5. The fraction of sp³-hybridized carbons (Fsp3) is 0.500. The molecule has 0 aromatic heterocycles. The first-order chi connectivity index (χ1) is 13.0. The van der Waals surface area contributed by atoms with Gasteiger partial charge in [0.25, 0.3) is 0 Å². The molecule has 0 saturated heterocycles. The number of carbonyl (C=O) groups is 2. The van der Waals surface area contributed by atoms with Crippen LogP contribution in [0, 0.1) is 0 Å². The molecule has 148 valence electrons. The van der Waals surface area contributed by atoms with Gasteiger partial charge in [0, 0.05) is 25.6 Å². The van der Waals surface area contributed by atoms with E-state index in [2.05, 4.69) is 11.4 Å². The maximum atomic E-state index is 12.4. The van der Waals surface area contributed by atoms with E-state index < -0.39 is 0 Å². The molecule has 6 nitrogen and oxygen atoms in total. The Morgan fingerprint density at radius 1 is 1.19 bits per heavy atom. The molecule has 0 radical (unpaired) electrons. The van der Waals surface area contributed by atoms with E-state index in [9.17, 15) is 9.59 Å². The predicted molar refractivity (Wildman–Crippen MR) is 107 cm³/mol. The van der Waals surface area contributed by atoms with Gasteiger partial charge < -0.3 is 14.8 Å². The van der Waals surface area contributed by atoms with Crippen LogP contribution in [0.4, 0.5) is 5.69 Å². The Bertz CT molecular complexity index is 718. The Kier molecular flexibility index (Phi) is 7.98. The van der Waals surface area contributed by atoms with Crippen molar-refractivity contribution in [2.75, 3.05) is 32.2 Å². The first kappa shape index (κ1) is 21.1. The highest BCUT2D eigenvalue weighted by Crippen LogP contribution is 2.38. The summed E-state index contributed by atoms with van der Waals surface area (Å²) in [7, 11) is 2.97. The van der Waals surface area contributed by atoms with Crippen LogP contribution in [0.15, 0.2) is 23.8 Å². The third kappa shape index (κ3) is 5.89. The molecule has 1 N–H and O–H groups in total. The minimum atomic E-state index is -0.275. The number of rotatable bonds is 8. The van der Waals surface area contributed by atoms with Gasteiger partial charge in [-0.05, 0) is 32.1 Å². The lowest BCUT2D eigenvalue weighted by molar-refractivity contribution is -0.123. The summed E-state index contributed by atoms with van der Waals surface area (Å²) in [5, 5.41) is 3.26. The van der Waals surface area contributed by atoms with E-state index in [4.69, 9.17) is 21.1 Å². The number of hydrogen-bond donors (Lipinski definition) is 1. The third-order valence-corrected chi connectivity index (χ3v) is 4.87. The molecule has 0 saturated carbocycles. The molecule has 27 heavy (non-hydrogen) atoms. The number of nitrogens with one attached hydrogen (secondary N) is 1. The average molecular weight is 395 g/mol. The molecule has 1 aliphatic rings. The molecule has 0 fully saturated rings. The first-order valence-corrected chi connectivity index (χ1v) is 9.48. The highest BCUT2D eigenvalue weighted by molar-refractivity contribution is 6.32. The van der Waals surface area contributed by atoms with Crippen LogP contribution < -0.4 is 19.7 Å². The van der Waals surface area contributed by atoms with Crippen LogP contribution >= 0.6 is 11.6 Å². The molecule has 2 amide bonds. The van der Waals surface area contributed by atoms with E-state index in [1.807, 2.05) is 0 Å². The molecule has 0 heterocycles. The van der Waals surface area contributed by atoms with Gasteiger partial charge in [0.15, 0.2) is 0 Å². The van der Waals surface area contributed by atoms with Gasteiger partial charge in [-0.25, -0.2) is 0 Å². The predicted octanol–water partition coefficient (Wildman–Crippen LogP) is 3.72. The standard InChI is InChI=1S/C20H27ClN2O4/c1-14(24)23(17-12-18(26-2)16(21)11-19(17)27-3)13-20(25)22-10-9-15-7-5-4-6-8-15/h7,11-12H,4-6,8-10,13H2,1-3H3,(H,22,25). The number of halogens is 1. The number of benzene rings is 1. The quantitative estimate of drug-likeness (QED) is 0.682. The van der Waals surface area contributed by atoms with Gasteiger partial charge in [0.2, 0.25) is 11.8 Å². The summed E-state index contributed by atoms with van der Waals surface area (Å²) in [6, 6.07) is 3.17. The summed E-state index contributed by atoms with van der Waals surface area (Å²) in [5.41, 5.74) is 1.84. The fourth-order valence-electron chi connectivity index (χ4n) is 3.12. The van der Waals surface area contributed by atoms with Gasteiger partial charge in [0.05, 0.1) is 24.9 Å². The van der Waals surface area contributed by atoms with Gasteiger partial charge >= 0.3 is 0 Å². The van der Waals surface area contributed by atoms with Gasteiger partial charge in [-0.1, -0.05) is 23.3 Å². The van der Waals surface area contributed by atoms with E-state index >= 15 is 0 Å². The topological polar surface area (TPSA) is 67.9 Å². The van der Waals surface area contributed by atoms with Gasteiger partial charge in [0.1, 0.15) is 18.0 Å². The fourth-order valence-corrected chi connectivity index (χ4v) is 3.35. The van der Waals surface area contributed by atoms with Crippen LogP contribution in [-0.4, -0.2) is 39.1 Å². The normalized spacial score (nSPS) is 13.6. The van der Waals surface area contributed by atoms with Crippen LogP contribution in [-0.2, 0) is 9.59 Å². The molecular weight excluding hydrogens is 368 g/mol. The van der Waals surface area contributed by atoms with Gasteiger partial charge in [-0.3, -0.25) is 14.5 Å². The number of anilines is 1. The summed E-state index contributed by atoms with van der Waals surface area (Å²) in [4.78, 5) is 25.9. The number of carbonyl (C=O) groups excluding carboxylic acids is 2. The molecule has 0 unspecified atom stereocenters. The van der Waals surface area contributed by atoms with Crippen molar-refractivity contribution in [2.24, 2.45) is 0 Å². The van der Waals surface area contributed by atoms with Crippen LogP contribution in [0.2, 0.25) is 5.02 Å². The highest BCUT2D eigenvalue weighted by Gasteiger charge is 2.21. The zero-order valence-electron chi connectivity index (χ0n) is 16.1. The Balaban J connectivity index is 2.05. The maximum Gasteiger partial charge on any atom is 0.240 e. The molecule has 0 bridgehead atoms. The van der Waals surface area contributed by atoms with Crippen LogP contribution in [0.25, 0.3) is 0 Å². The second-order valence-electron chi connectivity index (χ2n) is 6.47. The van der Waals surface area contributed by atoms with E-state index in [1.165, 1.54) is 44.5 Å². The zero-order valence-corrected chi connectivity index (χ0v) is 16.9. The summed E-state index contributed by atoms with van der Waals surface area (Å²) in [6.45, 7) is 1.87. The Morgan fingerprint density at radius 2 is 1.93 bits per heavy atom. The average Bonchev–Trinajstić information content (AvgIpc) is 2.66. The molecule has 2 rings (SSSR count). The second-order valence-corrected chi connectivity index (χ2v) is 6.88. The number of methoxy groups -OCH3 is 2. The minimum absolute atomic E-state index is 0.102. The molecule has 1 aromatic carbocycles. The Labute approximate surface area is 165 Å². The lowest BCUT2D eigenvalue weighted by atomic mass is 9.97. The second kappa shape index (κ2) is 10.2. The number of ether oxygens (including phenoxy) is 2. The number of amides is 2. The monoisotopic (exact) mass is 394 g/mol. The maximum absolute atomic E-state index is 12.4. The molecule has 1 aliphatic carbocycles. The SMILES string of the molecule is COc1cc(N(CC(=O)NCCC2=CCCCC2)C(C)=O)c(OC)cc1Cl. The van der Waals surface area contributed by atoms with E-state index in [-0.39, 0.29) is 18.4 Å². The number of allylic oxidation sites excluding steroid dienone is 1. The molecular formula is C20H27ClN2O4. The van der Waals surface area contributed by atoms with Crippen molar-refractivity contribution in [3.05, 3.63) is 28.8 Å². The van der Waals surface area contributed by atoms with E-state index in [1.54, 1.807) is 12.1 Å². The Morgan fingerprint density at radius 3 is 2.52 bits per heavy atom. The van der Waals surface area contributed by atoms with Crippen LogP contribution in [0.3, 0.4) is 0 Å². The molecule has 7 heteroatoms. The van der Waals surface area contributed by atoms with Crippen molar-refractivity contribution < 1.29 is 19.1 Å². The summed E-state index contributed by atoms with van der Waals surface area (Å²) >= 11 is 6.12. The zero-order chi connectivity index (χ0) is 19.8. The van der Waals surface area contributed by atoms with Crippen molar-refractivity contribution >= 4 is 29.1 Å². The van der Waals surface area contributed by atoms with Crippen molar-refractivity contribution in [1.82, 2.24) is 5.32 Å². The molecule has 1 aromatic rings. The van der Waals surface area contributed by atoms with E-state index in [0.29, 0.717) is 28.8 Å². The van der Waals surface area contributed by atoms with Crippen molar-refractivity contribution in [1.29, 1.82) is 0 Å². The minimum Gasteiger partial charge on any atom is -0.495 e. The number of nitrogens with zero attached hydrogens (tertiary/aromatic N) is 1. The van der Waals surface area contributed by atoms with Gasteiger partial charge in [-0.15, -0.1) is 0 Å². The summed E-state index contributed by atoms with van der Waals surface area (Å²) in [5.74, 6) is 0.305. The van der Waals surface area contributed by atoms with Gasteiger partial charge in [-0.2, -0.15) is 0 Å². The molecule has 0 atom stereocenters. The number of hydrogen-bond acceptors (Lipinski definition) is 4. The smallest absolute Gasteiger partial charge is 0.240 e. The third-order valence-electron chi connectivity index (χ3n) is 4.58. The lowest BCUT2D eigenvalue weighted by Gasteiger charge is -2.24. The largest absolute Gasteiger partial charge is 0.495 e. The molecule has 0 spiro atoms. The van der Waals surface area contributed by atoms with Crippen LogP contribution in [0.5, 0.6) is 11.5 Å². The van der Waals surface area contributed by atoms with Crippen molar-refractivity contribution in [3.8, 4) is 11.5 Å². The molecule has 0 aliphatic heterocycles. The summed E-state index contributed by atoms with van der Waals surface area (Å²) in [6.07, 6.45) is 7.81.